The smallest absolute Gasteiger partial charge is 0.338 e. The fourth-order valence-electron chi connectivity index (χ4n) is 6.29. The molecule has 48 heavy (non-hydrogen) atoms. The van der Waals surface area contributed by atoms with Gasteiger partial charge in [-0.2, -0.15) is 0 Å². The molecule has 9 heteroatoms. The van der Waals surface area contributed by atoms with E-state index in [-0.39, 0.29) is 74.6 Å². The lowest BCUT2D eigenvalue weighted by Crippen LogP contribution is -2.23. The van der Waals surface area contributed by atoms with Crippen LogP contribution in [-0.2, 0) is 47.7 Å². The summed E-state index contributed by atoms with van der Waals surface area (Å²) in [5.41, 5.74) is 7.25. The number of hydrogen-bond donors (Lipinski definition) is 0. The maximum Gasteiger partial charge on any atom is 0.338 e. The van der Waals surface area contributed by atoms with Crippen molar-refractivity contribution in [2.24, 2.45) is 0 Å². The molecule has 4 aromatic carbocycles. The molecule has 3 unspecified atom stereocenters. The quantitative estimate of drug-likeness (QED) is 0.0859. The van der Waals surface area contributed by atoms with Crippen molar-refractivity contribution in [3.05, 3.63) is 141 Å². The van der Waals surface area contributed by atoms with Crippen molar-refractivity contribution in [3.63, 3.8) is 0 Å². The van der Waals surface area contributed by atoms with Crippen LogP contribution in [0.25, 0.3) is 0 Å². The van der Waals surface area contributed by atoms with Gasteiger partial charge in [-0.15, -0.1) is 0 Å². The Morgan fingerprint density at radius 3 is 1.02 bits per heavy atom. The highest BCUT2D eigenvalue weighted by molar-refractivity contribution is 6.00. The second-order valence-electron chi connectivity index (χ2n) is 12.0. The third-order valence-corrected chi connectivity index (χ3v) is 8.97. The highest BCUT2D eigenvalue weighted by atomic mass is 16.6. The standard InChI is InChI=1S/C39H36O9/c40-37(46-16-13-43-34-22-25-7-1-4-10-31(25)34)28-19-29(38(41)47-17-14-44-35-23-26-8-2-5-11-32(26)35)21-30(20-28)39(42)48-18-15-45-36-24-27-9-3-6-12-33(27)36/h1-12,19-21,34-36H,13-18,22-24H2. The lowest BCUT2D eigenvalue weighted by atomic mass is 9.85. The van der Waals surface area contributed by atoms with E-state index in [4.69, 9.17) is 28.4 Å². The maximum absolute atomic E-state index is 13.0. The Kier molecular flexibility index (Phi) is 9.60. The Morgan fingerprint density at radius 2 is 0.729 bits per heavy atom. The number of fused-ring (bicyclic) bond motifs is 3. The van der Waals surface area contributed by atoms with E-state index < -0.39 is 17.9 Å². The number of carbonyl (C=O) groups is 3. The average Bonchev–Trinajstić information content (AvgIpc) is 3.08. The summed E-state index contributed by atoms with van der Waals surface area (Å²) in [7, 11) is 0. The molecule has 0 fully saturated rings. The minimum atomic E-state index is -0.699. The minimum absolute atomic E-state index is 0.00915. The topological polar surface area (TPSA) is 107 Å². The first-order chi connectivity index (χ1) is 23.5. The average molecular weight is 649 g/mol. The first-order valence-corrected chi connectivity index (χ1v) is 16.3. The summed E-state index contributed by atoms with van der Waals surface area (Å²) < 4.78 is 33.9. The molecule has 0 spiro atoms. The Labute approximate surface area is 278 Å². The Hall–Kier alpha value is -4.83. The molecule has 246 valence electrons. The highest BCUT2D eigenvalue weighted by Crippen LogP contribution is 2.37. The van der Waals surface area contributed by atoms with Gasteiger partial charge >= 0.3 is 17.9 Å². The summed E-state index contributed by atoms with van der Waals surface area (Å²) in [5.74, 6) is -2.10. The van der Waals surface area contributed by atoms with Crippen LogP contribution in [0.15, 0.2) is 91.0 Å². The van der Waals surface area contributed by atoms with E-state index in [1.165, 1.54) is 34.9 Å². The molecule has 3 aliphatic rings. The fraction of sp³-hybridized carbons (Fsp3) is 0.308. The summed E-state index contributed by atoms with van der Waals surface area (Å²) in [6, 6.07) is 28.2. The molecule has 0 amide bonds. The van der Waals surface area contributed by atoms with Gasteiger partial charge in [0.2, 0.25) is 0 Å². The maximum atomic E-state index is 13.0. The van der Waals surface area contributed by atoms with Crippen LogP contribution >= 0.6 is 0 Å². The zero-order valence-electron chi connectivity index (χ0n) is 26.4. The number of ether oxygens (including phenoxy) is 6. The van der Waals surface area contributed by atoms with Crippen LogP contribution in [0.2, 0.25) is 0 Å². The molecule has 0 N–H and O–H groups in total. The summed E-state index contributed by atoms with van der Waals surface area (Å²) >= 11 is 0. The molecule has 0 saturated heterocycles. The summed E-state index contributed by atoms with van der Waals surface area (Å²) in [5, 5.41) is 0. The molecule has 3 atom stereocenters. The lowest BCUT2D eigenvalue weighted by molar-refractivity contribution is -0.00211. The van der Waals surface area contributed by atoms with Crippen LogP contribution in [-0.4, -0.2) is 57.5 Å². The Bertz CT molecular complexity index is 1590. The van der Waals surface area contributed by atoms with Crippen molar-refractivity contribution < 1.29 is 42.8 Å². The largest absolute Gasteiger partial charge is 0.460 e. The molecule has 0 heterocycles. The van der Waals surface area contributed by atoms with E-state index >= 15 is 0 Å². The fourth-order valence-corrected chi connectivity index (χ4v) is 6.29. The van der Waals surface area contributed by atoms with Gasteiger partial charge in [0.15, 0.2) is 0 Å². The van der Waals surface area contributed by atoms with E-state index in [1.54, 1.807) is 0 Å². The van der Waals surface area contributed by atoms with Crippen LogP contribution in [0.3, 0.4) is 0 Å². The molecule has 9 nitrogen and oxygen atoms in total. The number of rotatable bonds is 15. The Balaban J connectivity index is 0.933. The van der Waals surface area contributed by atoms with Crippen molar-refractivity contribution in [3.8, 4) is 0 Å². The number of hydrogen-bond acceptors (Lipinski definition) is 9. The first kappa shape index (κ1) is 31.8. The molecule has 0 aromatic heterocycles. The summed E-state index contributed by atoms with van der Waals surface area (Å²) in [6.45, 7) is 0.647. The van der Waals surface area contributed by atoms with Gasteiger partial charge in [-0.05, 0) is 51.6 Å². The zero-order valence-corrected chi connectivity index (χ0v) is 26.4. The van der Waals surface area contributed by atoms with Crippen molar-refractivity contribution in [2.45, 2.75) is 37.6 Å². The predicted octanol–water partition coefficient (Wildman–Crippen LogP) is 6.10. The van der Waals surface area contributed by atoms with Gasteiger partial charge in [0.1, 0.15) is 19.8 Å². The second kappa shape index (κ2) is 14.5. The molecule has 4 aromatic rings. The van der Waals surface area contributed by atoms with Gasteiger partial charge in [0.25, 0.3) is 0 Å². The third-order valence-electron chi connectivity index (χ3n) is 8.97. The van der Waals surface area contributed by atoms with E-state index in [1.807, 2.05) is 54.6 Å². The van der Waals surface area contributed by atoms with E-state index in [9.17, 15) is 14.4 Å². The second-order valence-corrected chi connectivity index (χ2v) is 12.0. The van der Waals surface area contributed by atoms with Gasteiger partial charge < -0.3 is 28.4 Å². The zero-order chi connectivity index (χ0) is 32.9. The van der Waals surface area contributed by atoms with Gasteiger partial charge in [0.05, 0.1) is 54.8 Å². The molecule has 0 bridgehead atoms. The van der Waals surface area contributed by atoms with Crippen LogP contribution in [0, 0.1) is 0 Å². The van der Waals surface area contributed by atoms with Crippen molar-refractivity contribution in [2.75, 3.05) is 39.6 Å². The number of carbonyl (C=O) groups excluding carboxylic acids is 3. The molecular weight excluding hydrogens is 612 g/mol. The van der Waals surface area contributed by atoms with Gasteiger partial charge in [0, 0.05) is 19.3 Å². The highest BCUT2D eigenvalue weighted by Gasteiger charge is 2.28. The molecule has 0 radical (unpaired) electrons. The summed E-state index contributed by atoms with van der Waals surface area (Å²) in [4.78, 5) is 39.1. The predicted molar refractivity (Wildman–Crippen MR) is 174 cm³/mol. The van der Waals surface area contributed by atoms with Crippen molar-refractivity contribution >= 4 is 17.9 Å². The van der Waals surface area contributed by atoms with Gasteiger partial charge in [-0.25, -0.2) is 14.4 Å². The van der Waals surface area contributed by atoms with Gasteiger partial charge in [-0.1, -0.05) is 72.8 Å². The summed E-state index contributed by atoms with van der Waals surface area (Å²) in [6.07, 6.45) is 2.38. The molecule has 3 aliphatic carbocycles. The van der Waals surface area contributed by atoms with Crippen LogP contribution < -0.4 is 0 Å². The van der Waals surface area contributed by atoms with Crippen LogP contribution in [0.4, 0.5) is 0 Å². The van der Waals surface area contributed by atoms with Crippen LogP contribution in [0.5, 0.6) is 0 Å². The molecule has 0 aliphatic heterocycles. The lowest BCUT2D eigenvalue weighted by Gasteiger charge is -2.29. The van der Waals surface area contributed by atoms with Crippen molar-refractivity contribution in [1.29, 1.82) is 0 Å². The SMILES string of the molecule is O=C(OCCOC1Cc2ccccc21)c1cc(C(=O)OCCOC2Cc3ccccc32)cc(C(=O)OCCOC2Cc3ccccc32)c1. The first-order valence-electron chi connectivity index (χ1n) is 16.3. The van der Waals surface area contributed by atoms with E-state index in [0.29, 0.717) is 0 Å². The normalized spacial score (nSPS) is 18.1. The molecular formula is C39H36O9. The monoisotopic (exact) mass is 648 g/mol. The minimum Gasteiger partial charge on any atom is -0.460 e. The van der Waals surface area contributed by atoms with Gasteiger partial charge in [-0.3, -0.25) is 0 Å². The van der Waals surface area contributed by atoms with Crippen LogP contribution in [0.1, 0.15) is 82.8 Å². The number of benzene rings is 4. The van der Waals surface area contributed by atoms with E-state index in [2.05, 4.69) is 18.2 Å². The number of esters is 3. The van der Waals surface area contributed by atoms with Crippen molar-refractivity contribution in [1.82, 2.24) is 0 Å². The van der Waals surface area contributed by atoms with E-state index in [0.717, 1.165) is 36.0 Å². The Morgan fingerprint density at radius 1 is 0.438 bits per heavy atom. The molecule has 7 rings (SSSR count). The molecule has 0 saturated carbocycles. The third kappa shape index (κ3) is 7.04.